The number of nitrogens with one attached hydrogen (secondary N) is 2. The predicted molar refractivity (Wildman–Crippen MR) is 81.7 cm³/mol. The summed E-state index contributed by atoms with van der Waals surface area (Å²) >= 11 is 0. The van der Waals surface area contributed by atoms with E-state index in [1.807, 2.05) is 25.1 Å². The predicted octanol–water partition coefficient (Wildman–Crippen LogP) is 2.45. The molecule has 0 bridgehead atoms. The minimum Gasteiger partial charge on any atom is -0.352 e. The van der Waals surface area contributed by atoms with Crippen LogP contribution >= 0.6 is 0 Å². The highest BCUT2D eigenvalue weighted by Crippen LogP contribution is 2.11. The third-order valence-electron chi connectivity index (χ3n) is 3.14. The van der Waals surface area contributed by atoms with Crippen LogP contribution in [0.5, 0.6) is 0 Å². The molecule has 0 spiro atoms. The summed E-state index contributed by atoms with van der Waals surface area (Å²) in [5, 5.41) is 6.11. The number of alkyl halides is 2. The molecule has 0 radical (unpaired) electrons. The van der Waals surface area contributed by atoms with Gasteiger partial charge in [-0.1, -0.05) is 29.8 Å². The summed E-state index contributed by atoms with van der Waals surface area (Å²) in [4.78, 5) is 7.98. The fraction of sp³-hybridized carbons (Fsp3) is 0.333. The molecule has 5 nitrogen and oxygen atoms in total. The fourth-order valence-corrected chi connectivity index (χ4v) is 2.05. The molecule has 2 rings (SSSR count). The second kappa shape index (κ2) is 7.53. The number of rotatable bonds is 5. The fourth-order valence-electron chi connectivity index (χ4n) is 2.05. The molecule has 0 saturated heterocycles. The summed E-state index contributed by atoms with van der Waals surface area (Å²) in [6.45, 7) is 0.206. The van der Waals surface area contributed by atoms with Gasteiger partial charge < -0.3 is 10.6 Å². The van der Waals surface area contributed by atoms with Gasteiger partial charge in [0.05, 0.1) is 6.54 Å². The van der Waals surface area contributed by atoms with E-state index in [4.69, 9.17) is 0 Å². The second-order valence-corrected chi connectivity index (χ2v) is 4.80. The van der Waals surface area contributed by atoms with E-state index in [1.165, 1.54) is 18.0 Å². The van der Waals surface area contributed by atoms with E-state index < -0.39 is 6.55 Å². The summed E-state index contributed by atoms with van der Waals surface area (Å²) < 4.78 is 26.3. The lowest BCUT2D eigenvalue weighted by Gasteiger charge is -2.13. The molecule has 118 valence electrons. The summed E-state index contributed by atoms with van der Waals surface area (Å²) in [6.07, 6.45) is 2.61. The van der Waals surface area contributed by atoms with Crippen molar-refractivity contribution in [1.29, 1.82) is 0 Å². The first kappa shape index (κ1) is 15.9. The van der Waals surface area contributed by atoms with E-state index in [9.17, 15) is 8.78 Å². The zero-order valence-corrected chi connectivity index (χ0v) is 12.6. The van der Waals surface area contributed by atoms with Crippen molar-refractivity contribution in [2.75, 3.05) is 7.05 Å². The molecule has 22 heavy (non-hydrogen) atoms. The van der Waals surface area contributed by atoms with Gasteiger partial charge in [0.2, 0.25) is 0 Å². The minimum absolute atomic E-state index is 0.171. The molecule has 0 saturated carbocycles. The van der Waals surface area contributed by atoms with E-state index in [2.05, 4.69) is 26.7 Å². The Morgan fingerprint density at radius 3 is 2.77 bits per heavy atom. The molecule has 0 fully saturated rings. The van der Waals surface area contributed by atoms with Crippen LogP contribution in [0.1, 0.15) is 23.5 Å². The summed E-state index contributed by atoms with van der Waals surface area (Å²) in [5.41, 5.74) is 2.30. The van der Waals surface area contributed by atoms with Crippen molar-refractivity contribution < 1.29 is 8.78 Å². The van der Waals surface area contributed by atoms with Crippen LogP contribution in [0.2, 0.25) is 0 Å². The first-order valence-electron chi connectivity index (χ1n) is 6.90. The number of benzene rings is 1. The van der Waals surface area contributed by atoms with Crippen LogP contribution in [0.4, 0.5) is 8.78 Å². The van der Waals surface area contributed by atoms with Crippen molar-refractivity contribution in [2.45, 2.75) is 26.6 Å². The number of aromatic nitrogens is 2. The molecular weight excluding hydrogens is 288 g/mol. The van der Waals surface area contributed by atoms with Gasteiger partial charge in [0.25, 0.3) is 0 Å². The molecule has 0 amide bonds. The average Bonchev–Trinajstić information content (AvgIpc) is 2.96. The van der Waals surface area contributed by atoms with Crippen molar-refractivity contribution in [3.8, 4) is 0 Å². The first-order chi connectivity index (χ1) is 10.6. The number of nitrogens with zero attached hydrogens (tertiary/aromatic N) is 3. The minimum atomic E-state index is -2.60. The first-order valence-corrected chi connectivity index (χ1v) is 6.90. The van der Waals surface area contributed by atoms with Crippen LogP contribution in [0.15, 0.2) is 41.7 Å². The van der Waals surface area contributed by atoms with Gasteiger partial charge >= 0.3 is 6.55 Å². The van der Waals surface area contributed by atoms with E-state index in [1.54, 1.807) is 7.05 Å². The van der Waals surface area contributed by atoms with Gasteiger partial charge in [-0.2, -0.15) is 8.78 Å². The number of hydrogen-bond donors (Lipinski definition) is 2. The maximum Gasteiger partial charge on any atom is 0.319 e. The van der Waals surface area contributed by atoms with Gasteiger partial charge in [0.15, 0.2) is 5.96 Å². The molecule has 0 aliphatic carbocycles. The standard InChI is InChI=1S/C15H19F2N5/c1-11-4-3-5-12(8-11)9-20-15(18-2)21-10-13-19-6-7-22(13)14(16)17/h3-8,14H,9-10H2,1-2H3,(H2,18,20,21). The Morgan fingerprint density at radius 2 is 2.09 bits per heavy atom. The third kappa shape index (κ3) is 4.28. The molecular formula is C15H19F2N5. The average molecular weight is 307 g/mol. The van der Waals surface area contributed by atoms with E-state index in [0.29, 0.717) is 12.5 Å². The van der Waals surface area contributed by atoms with Crippen LogP contribution in [0, 0.1) is 6.92 Å². The van der Waals surface area contributed by atoms with Crippen LogP contribution in [0.25, 0.3) is 0 Å². The maximum atomic E-state index is 12.7. The van der Waals surface area contributed by atoms with Gasteiger partial charge in [0, 0.05) is 26.0 Å². The van der Waals surface area contributed by atoms with Gasteiger partial charge in [-0.3, -0.25) is 9.56 Å². The lowest BCUT2D eigenvalue weighted by molar-refractivity contribution is 0.0668. The maximum absolute atomic E-state index is 12.7. The Morgan fingerprint density at radius 1 is 1.32 bits per heavy atom. The van der Waals surface area contributed by atoms with Crippen LogP contribution in [-0.2, 0) is 13.1 Å². The molecule has 0 unspecified atom stereocenters. The second-order valence-electron chi connectivity index (χ2n) is 4.80. The number of aryl methyl sites for hydroxylation is 1. The zero-order valence-electron chi connectivity index (χ0n) is 12.6. The van der Waals surface area contributed by atoms with E-state index in [-0.39, 0.29) is 12.4 Å². The number of guanidine groups is 1. The van der Waals surface area contributed by atoms with Gasteiger partial charge in [-0.15, -0.1) is 0 Å². The molecule has 0 aliphatic rings. The third-order valence-corrected chi connectivity index (χ3v) is 3.14. The molecule has 0 aliphatic heterocycles. The smallest absolute Gasteiger partial charge is 0.319 e. The van der Waals surface area contributed by atoms with E-state index >= 15 is 0 Å². The van der Waals surface area contributed by atoms with Crippen molar-refractivity contribution >= 4 is 5.96 Å². The van der Waals surface area contributed by atoms with Crippen LogP contribution in [0.3, 0.4) is 0 Å². The summed E-state index contributed by atoms with van der Waals surface area (Å²) in [5.74, 6) is 0.791. The topological polar surface area (TPSA) is 54.2 Å². The number of aliphatic imine (C=N–C) groups is 1. The summed E-state index contributed by atoms with van der Waals surface area (Å²) in [6, 6.07) is 8.10. The zero-order chi connectivity index (χ0) is 15.9. The summed E-state index contributed by atoms with van der Waals surface area (Å²) in [7, 11) is 1.63. The van der Waals surface area contributed by atoms with Gasteiger partial charge in [-0.25, -0.2) is 4.98 Å². The SMILES string of the molecule is CN=C(NCc1cccc(C)c1)NCc1nccn1C(F)F. The van der Waals surface area contributed by atoms with Crippen molar-refractivity contribution in [2.24, 2.45) is 4.99 Å². The molecule has 1 aromatic heterocycles. The highest BCUT2D eigenvalue weighted by Gasteiger charge is 2.11. The highest BCUT2D eigenvalue weighted by molar-refractivity contribution is 5.79. The van der Waals surface area contributed by atoms with Crippen LogP contribution in [-0.4, -0.2) is 22.6 Å². The highest BCUT2D eigenvalue weighted by atomic mass is 19.3. The van der Waals surface area contributed by atoms with Crippen LogP contribution < -0.4 is 10.6 Å². The number of halogens is 2. The Hall–Kier alpha value is -2.44. The molecule has 2 aromatic rings. The lowest BCUT2D eigenvalue weighted by atomic mass is 10.1. The van der Waals surface area contributed by atoms with E-state index in [0.717, 1.165) is 10.1 Å². The largest absolute Gasteiger partial charge is 0.352 e. The Bertz CT molecular complexity index is 636. The van der Waals surface area contributed by atoms with Gasteiger partial charge in [0.1, 0.15) is 5.82 Å². The normalized spacial score (nSPS) is 11.8. The monoisotopic (exact) mass is 307 g/mol. The number of hydrogen-bond acceptors (Lipinski definition) is 2. The lowest BCUT2D eigenvalue weighted by Crippen LogP contribution is -2.37. The molecule has 1 aromatic carbocycles. The van der Waals surface area contributed by atoms with Crippen molar-refractivity contribution in [1.82, 2.24) is 20.2 Å². The Kier molecular flexibility index (Phi) is 5.46. The molecule has 1 heterocycles. The quantitative estimate of drug-likeness (QED) is 0.659. The Labute approximate surface area is 128 Å². The molecule has 2 N–H and O–H groups in total. The molecule has 0 atom stereocenters. The number of imidazole rings is 1. The van der Waals surface area contributed by atoms with Crippen molar-refractivity contribution in [3.05, 3.63) is 53.6 Å². The van der Waals surface area contributed by atoms with Gasteiger partial charge in [-0.05, 0) is 12.5 Å². The molecule has 7 heteroatoms. The van der Waals surface area contributed by atoms with Crippen molar-refractivity contribution in [3.63, 3.8) is 0 Å². The Balaban J connectivity index is 1.89.